The maximum absolute atomic E-state index is 4.34. The van der Waals surface area contributed by atoms with Crippen LogP contribution in [-0.2, 0) is 0 Å². The summed E-state index contributed by atoms with van der Waals surface area (Å²) in [6, 6.07) is 8.42. The van der Waals surface area contributed by atoms with Gasteiger partial charge in [0.2, 0.25) is 0 Å². The Balaban J connectivity index is 2.18. The van der Waals surface area contributed by atoms with Crippen molar-refractivity contribution in [2.45, 2.75) is 26.2 Å². The molecule has 0 radical (unpaired) electrons. The van der Waals surface area contributed by atoms with Crippen molar-refractivity contribution >= 4 is 10.9 Å². The number of aromatic nitrogens is 3. The van der Waals surface area contributed by atoms with Gasteiger partial charge in [-0.1, -0.05) is 24.3 Å². The van der Waals surface area contributed by atoms with Gasteiger partial charge in [-0.15, -0.1) is 6.58 Å². The van der Waals surface area contributed by atoms with Gasteiger partial charge < -0.3 is 4.98 Å². The maximum atomic E-state index is 4.34. The molecule has 0 fully saturated rings. The number of rotatable bonds is 4. The van der Waals surface area contributed by atoms with E-state index in [9.17, 15) is 0 Å². The van der Waals surface area contributed by atoms with Crippen molar-refractivity contribution in [3.63, 3.8) is 0 Å². The average molecular weight is 265 g/mol. The Labute approximate surface area is 118 Å². The lowest BCUT2D eigenvalue weighted by molar-refractivity contribution is 0.823. The average Bonchev–Trinajstić information content (AvgIpc) is 3.01. The number of hydrogen-bond acceptors (Lipinski definition) is 1. The second-order valence-corrected chi connectivity index (χ2v) is 5.21. The molecule has 0 aliphatic carbocycles. The van der Waals surface area contributed by atoms with Crippen LogP contribution in [0.15, 0.2) is 43.1 Å². The van der Waals surface area contributed by atoms with E-state index in [1.807, 2.05) is 6.08 Å². The predicted molar refractivity (Wildman–Crippen MR) is 83.0 cm³/mol. The van der Waals surface area contributed by atoms with E-state index in [4.69, 9.17) is 0 Å². The molecular weight excluding hydrogens is 246 g/mol. The number of nitrogens with zero attached hydrogens (tertiary/aromatic N) is 1. The molecule has 1 atom stereocenters. The van der Waals surface area contributed by atoms with Crippen molar-refractivity contribution in [1.29, 1.82) is 0 Å². The highest BCUT2D eigenvalue weighted by Gasteiger charge is 2.22. The number of aromatic amines is 2. The summed E-state index contributed by atoms with van der Waals surface area (Å²) in [7, 11) is 0. The summed E-state index contributed by atoms with van der Waals surface area (Å²) in [5.41, 5.74) is 5.98. The molecule has 0 bridgehead atoms. The van der Waals surface area contributed by atoms with Crippen molar-refractivity contribution in [1.82, 2.24) is 15.2 Å². The lowest BCUT2D eigenvalue weighted by atomic mass is 9.87. The monoisotopic (exact) mass is 265 g/mol. The van der Waals surface area contributed by atoms with E-state index in [1.165, 1.54) is 22.0 Å². The molecule has 102 valence electrons. The number of para-hydroxylation sites is 1. The van der Waals surface area contributed by atoms with Crippen molar-refractivity contribution in [2.24, 2.45) is 0 Å². The number of allylic oxidation sites excluding steroid dienone is 1. The van der Waals surface area contributed by atoms with Crippen LogP contribution in [-0.4, -0.2) is 15.2 Å². The first-order valence-corrected chi connectivity index (χ1v) is 6.90. The Bertz CT molecular complexity index is 729. The Morgan fingerprint density at radius 2 is 2.10 bits per heavy atom. The van der Waals surface area contributed by atoms with Crippen LogP contribution < -0.4 is 0 Å². The van der Waals surface area contributed by atoms with Crippen LogP contribution in [0.1, 0.15) is 34.9 Å². The minimum atomic E-state index is 0.294. The van der Waals surface area contributed by atoms with Crippen LogP contribution in [0.4, 0.5) is 0 Å². The van der Waals surface area contributed by atoms with Crippen LogP contribution >= 0.6 is 0 Å². The summed E-state index contributed by atoms with van der Waals surface area (Å²) in [6.45, 7) is 8.06. The van der Waals surface area contributed by atoms with Gasteiger partial charge in [0.05, 0.1) is 5.69 Å². The SMILES string of the molecule is C=CCC(c1c(C)n[nH]c1C)c1c[nH]c2ccccc12. The molecule has 2 aromatic heterocycles. The zero-order valence-corrected chi connectivity index (χ0v) is 11.9. The van der Waals surface area contributed by atoms with Gasteiger partial charge in [-0.3, -0.25) is 5.10 Å². The zero-order valence-electron chi connectivity index (χ0n) is 11.9. The molecule has 0 aliphatic rings. The molecule has 1 unspecified atom stereocenters. The first-order valence-electron chi connectivity index (χ1n) is 6.90. The molecule has 1 aromatic carbocycles. The zero-order chi connectivity index (χ0) is 14.1. The van der Waals surface area contributed by atoms with Crippen LogP contribution in [0.2, 0.25) is 0 Å². The summed E-state index contributed by atoms with van der Waals surface area (Å²) >= 11 is 0. The number of H-pyrrole nitrogens is 2. The molecule has 2 N–H and O–H groups in total. The van der Waals surface area contributed by atoms with Gasteiger partial charge in [0.25, 0.3) is 0 Å². The molecular formula is C17H19N3. The van der Waals surface area contributed by atoms with Crippen molar-refractivity contribution in [2.75, 3.05) is 0 Å². The number of aryl methyl sites for hydroxylation is 2. The van der Waals surface area contributed by atoms with Crippen molar-refractivity contribution in [3.05, 3.63) is 65.6 Å². The largest absolute Gasteiger partial charge is 0.361 e. The Morgan fingerprint density at radius 1 is 1.30 bits per heavy atom. The third-order valence-corrected chi connectivity index (χ3v) is 3.93. The van der Waals surface area contributed by atoms with Crippen LogP contribution in [0.5, 0.6) is 0 Å². The molecule has 0 aliphatic heterocycles. The van der Waals surface area contributed by atoms with Crippen LogP contribution in [0.25, 0.3) is 10.9 Å². The van der Waals surface area contributed by atoms with Gasteiger partial charge in [-0.05, 0) is 31.9 Å². The first-order chi connectivity index (χ1) is 9.72. The van der Waals surface area contributed by atoms with Crippen molar-refractivity contribution in [3.8, 4) is 0 Å². The van der Waals surface area contributed by atoms with Gasteiger partial charge >= 0.3 is 0 Å². The van der Waals surface area contributed by atoms with Crippen LogP contribution in [0.3, 0.4) is 0 Å². The maximum Gasteiger partial charge on any atom is 0.0632 e. The predicted octanol–water partition coefficient (Wildman–Crippen LogP) is 4.22. The Hall–Kier alpha value is -2.29. The second-order valence-electron chi connectivity index (χ2n) is 5.21. The minimum absolute atomic E-state index is 0.294. The lowest BCUT2D eigenvalue weighted by Crippen LogP contribution is -2.02. The third-order valence-electron chi connectivity index (χ3n) is 3.93. The number of fused-ring (bicyclic) bond motifs is 1. The molecule has 3 aromatic rings. The van der Waals surface area contributed by atoms with Gasteiger partial charge in [-0.2, -0.15) is 5.10 Å². The highest BCUT2D eigenvalue weighted by Crippen LogP contribution is 2.35. The highest BCUT2D eigenvalue weighted by molar-refractivity contribution is 5.84. The van der Waals surface area contributed by atoms with E-state index >= 15 is 0 Å². The van der Waals surface area contributed by atoms with E-state index in [1.54, 1.807) is 0 Å². The third kappa shape index (κ3) is 1.95. The number of nitrogens with one attached hydrogen (secondary N) is 2. The molecule has 0 saturated heterocycles. The summed E-state index contributed by atoms with van der Waals surface area (Å²) in [5, 5.41) is 8.71. The fourth-order valence-corrected chi connectivity index (χ4v) is 3.02. The van der Waals surface area contributed by atoms with E-state index in [0.717, 1.165) is 17.8 Å². The summed E-state index contributed by atoms with van der Waals surface area (Å²) < 4.78 is 0. The quantitative estimate of drug-likeness (QED) is 0.682. The first kappa shape index (κ1) is 12.7. The normalized spacial score (nSPS) is 12.7. The Kier molecular flexibility index (Phi) is 3.18. The summed E-state index contributed by atoms with van der Waals surface area (Å²) in [5.74, 6) is 0.294. The lowest BCUT2D eigenvalue weighted by Gasteiger charge is -2.15. The molecule has 0 spiro atoms. The van der Waals surface area contributed by atoms with Gasteiger partial charge in [-0.25, -0.2) is 0 Å². The van der Waals surface area contributed by atoms with Crippen LogP contribution in [0, 0.1) is 13.8 Å². The fourth-order valence-electron chi connectivity index (χ4n) is 3.02. The van der Waals surface area contributed by atoms with Crippen molar-refractivity contribution < 1.29 is 0 Å². The van der Waals surface area contributed by atoms with Gasteiger partial charge in [0.1, 0.15) is 0 Å². The molecule has 20 heavy (non-hydrogen) atoms. The summed E-state index contributed by atoms with van der Waals surface area (Å²) in [4.78, 5) is 3.36. The molecule has 3 rings (SSSR count). The molecule has 0 saturated carbocycles. The topological polar surface area (TPSA) is 44.5 Å². The van der Waals surface area contributed by atoms with E-state index < -0.39 is 0 Å². The van der Waals surface area contributed by atoms with Gasteiger partial charge in [0, 0.05) is 34.3 Å². The molecule has 0 amide bonds. The molecule has 3 heteroatoms. The molecule has 2 heterocycles. The number of benzene rings is 1. The Morgan fingerprint density at radius 3 is 2.80 bits per heavy atom. The summed E-state index contributed by atoms with van der Waals surface area (Å²) in [6.07, 6.45) is 5.01. The van der Waals surface area contributed by atoms with Gasteiger partial charge in [0.15, 0.2) is 0 Å². The van der Waals surface area contributed by atoms with E-state index in [0.29, 0.717) is 5.92 Å². The van der Waals surface area contributed by atoms with E-state index in [-0.39, 0.29) is 0 Å². The number of hydrogen-bond donors (Lipinski definition) is 2. The minimum Gasteiger partial charge on any atom is -0.361 e. The second kappa shape index (κ2) is 5.00. The van der Waals surface area contributed by atoms with E-state index in [2.05, 4.69) is 66.1 Å². The smallest absolute Gasteiger partial charge is 0.0632 e. The fraction of sp³-hybridized carbons (Fsp3) is 0.235. The standard InChI is InChI=1S/C17H19N3/c1-4-7-14(17-11(2)19-20-12(17)3)15-10-18-16-9-6-5-8-13(15)16/h4-6,8-10,14,18H,1,7H2,2-3H3,(H,19,20). The molecule has 3 nitrogen and oxygen atoms in total. The highest BCUT2D eigenvalue weighted by atomic mass is 15.1.